The van der Waals surface area contributed by atoms with E-state index in [1.807, 2.05) is 24.2 Å². The first kappa shape index (κ1) is 17.3. The molecule has 1 fully saturated rings. The highest BCUT2D eigenvalue weighted by Crippen LogP contribution is 2.30. The van der Waals surface area contributed by atoms with Crippen LogP contribution in [0.15, 0.2) is 23.6 Å². The molecule has 0 aromatic carbocycles. The number of nitrogens with one attached hydrogen (secondary N) is 3. The number of H-pyrrole nitrogens is 1. The Bertz CT molecular complexity index is 851. The lowest BCUT2D eigenvalue weighted by molar-refractivity contribution is -0.116. The third-order valence-corrected chi connectivity index (χ3v) is 5.70. The van der Waals surface area contributed by atoms with Crippen molar-refractivity contribution in [2.75, 3.05) is 30.3 Å². The molecule has 2 atom stereocenters. The quantitative estimate of drug-likeness (QED) is 0.617. The molecule has 138 valence electrons. The number of aromatic amines is 1. The Kier molecular flexibility index (Phi) is 4.84. The first-order chi connectivity index (χ1) is 12.6. The first-order valence-electron chi connectivity index (χ1n) is 8.71. The first-order valence-corrected chi connectivity index (χ1v) is 9.70. The van der Waals surface area contributed by atoms with Crippen molar-refractivity contribution < 1.29 is 9.90 Å². The standard InChI is InChI=1S/C17H22N6O2S/c1-10-5-19-15-14(10)16(22-9-21-15)23-2-3-26-13(8-23)17(25)20-6-11-4-12(24)7-18-11/h5,8-9,11-12,18,24H,2-4,6-7H2,1H3,(H,20,25)(H,19,21,22)/t11-,12-/m0/s1. The van der Waals surface area contributed by atoms with Crippen molar-refractivity contribution in [3.05, 3.63) is 29.2 Å². The third kappa shape index (κ3) is 3.42. The minimum absolute atomic E-state index is 0.0843. The molecule has 9 heteroatoms. The van der Waals surface area contributed by atoms with Crippen LogP contribution in [0.3, 0.4) is 0 Å². The van der Waals surface area contributed by atoms with E-state index in [0.29, 0.717) is 24.4 Å². The van der Waals surface area contributed by atoms with Crippen LogP contribution < -0.4 is 15.5 Å². The van der Waals surface area contributed by atoms with Crippen molar-refractivity contribution in [3.63, 3.8) is 0 Å². The summed E-state index contributed by atoms with van der Waals surface area (Å²) in [5.41, 5.74) is 1.88. The van der Waals surface area contributed by atoms with E-state index < -0.39 is 0 Å². The van der Waals surface area contributed by atoms with Gasteiger partial charge in [-0.1, -0.05) is 0 Å². The fourth-order valence-electron chi connectivity index (χ4n) is 3.36. The topological polar surface area (TPSA) is 106 Å². The van der Waals surface area contributed by atoms with Crippen LogP contribution in [0.4, 0.5) is 5.82 Å². The van der Waals surface area contributed by atoms with E-state index in [1.165, 1.54) is 0 Å². The van der Waals surface area contributed by atoms with Gasteiger partial charge in [0.25, 0.3) is 5.91 Å². The fourth-order valence-corrected chi connectivity index (χ4v) is 4.27. The van der Waals surface area contributed by atoms with E-state index in [4.69, 9.17) is 0 Å². The van der Waals surface area contributed by atoms with Crippen LogP contribution in [-0.4, -0.2) is 63.5 Å². The lowest BCUT2D eigenvalue weighted by Crippen LogP contribution is -2.38. The number of aryl methyl sites for hydroxylation is 1. The molecule has 0 aliphatic carbocycles. The minimum Gasteiger partial charge on any atom is -0.392 e. The highest BCUT2D eigenvalue weighted by molar-refractivity contribution is 8.04. The van der Waals surface area contributed by atoms with E-state index in [-0.39, 0.29) is 18.1 Å². The highest BCUT2D eigenvalue weighted by Gasteiger charge is 2.24. The van der Waals surface area contributed by atoms with Crippen LogP contribution in [-0.2, 0) is 4.79 Å². The molecule has 1 saturated heterocycles. The maximum atomic E-state index is 12.5. The van der Waals surface area contributed by atoms with Crippen molar-refractivity contribution in [1.29, 1.82) is 0 Å². The molecule has 2 aromatic rings. The molecule has 0 bridgehead atoms. The van der Waals surface area contributed by atoms with Gasteiger partial charge >= 0.3 is 0 Å². The summed E-state index contributed by atoms with van der Waals surface area (Å²) in [4.78, 5) is 27.1. The van der Waals surface area contributed by atoms with E-state index >= 15 is 0 Å². The summed E-state index contributed by atoms with van der Waals surface area (Å²) in [7, 11) is 0. The van der Waals surface area contributed by atoms with Gasteiger partial charge in [0.1, 0.15) is 17.8 Å². The number of aliphatic hydroxyl groups excluding tert-OH is 1. The average molecular weight is 374 g/mol. The largest absolute Gasteiger partial charge is 0.392 e. The fraction of sp³-hybridized carbons (Fsp3) is 0.471. The van der Waals surface area contributed by atoms with Gasteiger partial charge in [-0.25, -0.2) is 9.97 Å². The molecule has 4 rings (SSSR count). The van der Waals surface area contributed by atoms with Gasteiger partial charge in [-0.05, 0) is 18.9 Å². The zero-order chi connectivity index (χ0) is 18.1. The van der Waals surface area contributed by atoms with Gasteiger partial charge in [0.2, 0.25) is 0 Å². The summed E-state index contributed by atoms with van der Waals surface area (Å²) in [5, 5.41) is 16.7. The van der Waals surface area contributed by atoms with Gasteiger partial charge in [-0.15, -0.1) is 11.8 Å². The summed E-state index contributed by atoms with van der Waals surface area (Å²) >= 11 is 1.55. The van der Waals surface area contributed by atoms with Crippen molar-refractivity contribution >= 4 is 34.5 Å². The van der Waals surface area contributed by atoms with Crippen LogP contribution in [0.25, 0.3) is 11.0 Å². The number of rotatable bonds is 4. The molecule has 4 N–H and O–H groups in total. The van der Waals surface area contributed by atoms with Crippen LogP contribution in [0.2, 0.25) is 0 Å². The molecule has 1 amide bonds. The monoisotopic (exact) mass is 374 g/mol. The predicted octanol–water partition coefficient (Wildman–Crippen LogP) is 0.500. The maximum absolute atomic E-state index is 12.5. The number of aromatic nitrogens is 3. The van der Waals surface area contributed by atoms with Crippen molar-refractivity contribution in [2.24, 2.45) is 0 Å². The number of thioether (sulfide) groups is 1. The molecule has 2 aliphatic heterocycles. The predicted molar refractivity (Wildman–Crippen MR) is 102 cm³/mol. The number of anilines is 1. The Morgan fingerprint density at radius 3 is 3.19 bits per heavy atom. The van der Waals surface area contributed by atoms with E-state index in [1.54, 1.807) is 18.1 Å². The Labute approximate surface area is 155 Å². The number of hydrogen-bond acceptors (Lipinski definition) is 7. The van der Waals surface area contributed by atoms with E-state index in [0.717, 1.165) is 34.7 Å². The molecular formula is C17H22N6O2S. The second-order valence-corrected chi connectivity index (χ2v) is 7.77. The van der Waals surface area contributed by atoms with Gasteiger partial charge in [-0.3, -0.25) is 4.79 Å². The molecule has 0 unspecified atom stereocenters. The number of β-amino-alcohol motifs (C(OH)–C–C–N with tert-alkyl or cyclic N) is 1. The van der Waals surface area contributed by atoms with Crippen molar-refractivity contribution in [2.45, 2.75) is 25.5 Å². The average Bonchev–Trinajstić information content (AvgIpc) is 3.25. The summed E-state index contributed by atoms with van der Waals surface area (Å²) in [6.45, 7) is 3.91. The van der Waals surface area contributed by atoms with Gasteiger partial charge in [0.15, 0.2) is 0 Å². The highest BCUT2D eigenvalue weighted by atomic mass is 32.2. The zero-order valence-electron chi connectivity index (χ0n) is 14.5. The number of fused-ring (bicyclic) bond motifs is 1. The zero-order valence-corrected chi connectivity index (χ0v) is 15.3. The van der Waals surface area contributed by atoms with E-state index in [9.17, 15) is 9.90 Å². The molecule has 0 radical (unpaired) electrons. The molecular weight excluding hydrogens is 352 g/mol. The van der Waals surface area contributed by atoms with Gasteiger partial charge in [-0.2, -0.15) is 0 Å². The number of carbonyl (C=O) groups excluding carboxylic acids is 1. The Hall–Kier alpha value is -2.10. The van der Waals surface area contributed by atoms with E-state index in [2.05, 4.69) is 25.6 Å². The Morgan fingerprint density at radius 2 is 2.38 bits per heavy atom. The molecule has 26 heavy (non-hydrogen) atoms. The van der Waals surface area contributed by atoms with Crippen LogP contribution in [0, 0.1) is 6.92 Å². The molecule has 0 spiro atoms. The minimum atomic E-state index is -0.319. The summed E-state index contributed by atoms with van der Waals surface area (Å²) in [6, 6.07) is 0.128. The van der Waals surface area contributed by atoms with Crippen LogP contribution in [0.5, 0.6) is 0 Å². The second kappa shape index (κ2) is 7.26. The molecule has 2 aromatic heterocycles. The Balaban J connectivity index is 1.50. The lowest BCUT2D eigenvalue weighted by Gasteiger charge is -2.26. The molecule has 2 aliphatic rings. The summed E-state index contributed by atoms with van der Waals surface area (Å²) in [5.74, 6) is 1.55. The number of amides is 1. The van der Waals surface area contributed by atoms with Crippen LogP contribution in [0.1, 0.15) is 12.0 Å². The molecule has 0 saturated carbocycles. The third-order valence-electron chi connectivity index (χ3n) is 4.71. The van der Waals surface area contributed by atoms with Crippen LogP contribution >= 0.6 is 11.8 Å². The second-order valence-electron chi connectivity index (χ2n) is 6.63. The van der Waals surface area contributed by atoms with Crippen molar-refractivity contribution in [3.8, 4) is 0 Å². The smallest absolute Gasteiger partial charge is 0.259 e. The molecule has 4 heterocycles. The number of hydrogen-bond donors (Lipinski definition) is 4. The summed E-state index contributed by atoms with van der Waals surface area (Å²) < 4.78 is 0. The lowest BCUT2D eigenvalue weighted by atomic mass is 10.2. The number of nitrogens with zero attached hydrogens (tertiary/aromatic N) is 3. The number of carbonyl (C=O) groups is 1. The normalized spacial score (nSPS) is 23.3. The molecule has 8 nitrogen and oxygen atoms in total. The maximum Gasteiger partial charge on any atom is 0.259 e. The number of aliphatic hydroxyl groups is 1. The SMILES string of the molecule is Cc1c[nH]c2ncnc(N3C=C(C(=O)NC[C@@H]4C[C@H](O)CN4)SCC3)c12. The van der Waals surface area contributed by atoms with Crippen molar-refractivity contribution in [1.82, 2.24) is 25.6 Å². The van der Waals surface area contributed by atoms with Gasteiger partial charge in [0, 0.05) is 43.8 Å². The van der Waals surface area contributed by atoms with Gasteiger partial charge < -0.3 is 25.6 Å². The Morgan fingerprint density at radius 1 is 1.50 bits per heavy atom. The summed E-state index contributed by atoms with van der Waals surface area (Å²) in [6.07, 6.45) is 5.68. The van der Waals surface area contributed by atoms with Gasteiger partial charge in [0.05, 0.1) is 16.4 Å².